The SMILES string of the molecule is CCNC1c2ccccc2CC1S(=O)(=O)C(C)C(C)C. The van der Waals surface area contributed by atoms with Gasteiger partial charge in [-0.3, -0.25) is 0 Å². The fourth-order valence-corrected chi connectivity index (χ4v) is 5.32. The van der Waals surface area contributed by atoms with Crippen LogP contribution in [0.3, 0.4) is 0 Å². The van der Waals surface area contributed by atoms with Crippen molar-refractivity contribution in [2.24, 2.45) is 5.92 Å². The number of rotatable bonds is 5. The number of hydrogen-bond acceptors (Lipinski definition) is 3. The molecule has 3 atom stereocenters. The van der Waals surface area contributed by atoms with E-state index < -0.39 is 9.84 Å². The molecule has 0 radical (unpaired) electrons. The van der Waals surface area contributed by atoms with E-state index in [1.807, 2.05) is 39.8 Å². The Morgan fingerprint density at radius 2 is 1.90 bits per heavy atom. The summed E-state index contributed by atoms with van der Waals surface area (Å²) in [7, 11) is -3.14. The van der Waals surface area contributed by atoms with Crippen molar-refractivity contribution < 1.29 is 8.42 Å². The van der Waals surface area contributed by atoms with Crippen LogP contribution < -0.4 is 5.32 Å². The molecule has 0 saturated heterocycles. The third-order valence-corrected chi connectivity index (χ3v) is 7.35. The molecule has 1 aliphatic rings. The second-order valence-electron chi connectivity index (χ2n) is 6.01. The van der Waals surface area contributed by atoms with Gasteiger partial charge in [0.1, 0.15) is 0 Å². The monoisotopic (exact) mass is 295 g/mol. The maximum Gasteiger partial charge on any atom is 0.158 e. The van der Waals surface area contributed by atoms with Crippen LogP contribution in [0.25, 0.3) is 0 Å². The molecule has 0 fully saturated rings. The van der Waals surface area contributed by atoms with Gasteiger partial charge in [-0.25, -0.2) is 8.42 Å². The van der Waals surface area contributed by atoms with E-state index in [2.05, 4.69) is 17.4 Å². The first-order valence-corrected chi connectivity index (χ1v) is 9.04. The highest BCUT2D eigenvalue weighted by molar-refractivity contribution is 7.92. The summed E-state index contributed by atoms with van der Waals surface area (Å²) in [6.45, 7) is 8.60. The van der Waals surface area contributed by atoms with Crippen LogP contribution in [-0.2, 0) is 16.3 Å². The highest BCUT2D eigenvalue weighted by Crippen LogP contribution is 2.37. The Kier molecular flexibility index (Phi) is 4.55. The minimum Gasteiger partial charge on any atom is -0.309 e. The normalized spacial score (nSPS) is 23.9. The maximum absolute atomic E-state index is 12.9. The quantitative estimate of drug-likeness (QED) is 0.908. The van der Waals surface area contributed by atoms with Crippen LogP contribution in [0.2, 0.25) is 0 Å². The molecule has 3 nitrogen and oxygen atoms in total. The van der Waals surface area contributed by atoms with Crippen LogP contribution in [0.15, 0.2) is 24.3 Å². The van der Waals surface area contributed by atoms with Crippen molar-refractivity contribution >= 4 is 9.84 Å². The Morgan fingerprint density at radius 1 is 1.25 bits per heavy atom. The lowest BCUT2D eigenvalue weighted by Gasteiger charge is -2.26. The first-order valence-electron chi connectivity index (χ1n) is 7.43. The molecule has 2 rings (SSSR count). The second-order valence-corrected chi connectivity index (χ2v) is 8.54. The zero-order valence-electron chi connectivity index (χ0n) is 12.8. The lowest BCUT2D eigenvalue weighted by Crippen LogP contribution is -2.40. The number of fused-ring (bicyclic) bond motifs is 1. The topological polar surface area (TPSA) is 46.2 Å². The van der Waals surface area contributed by atoms with Gasteiger partial charge in [-0.05, 0) is 36.9 Å². The lowest BCUT2D eigenvalue weighted by atomic mass is 10.1. The van der Waals surface area contributed by atoms with Crippen molar-refractivity contribution in [2.75, 3.05) is 6.54 Å². The molecule has 0 bridgehead atoms. The molecule has 1 aromatic rings. The molecule has 4 heteroatoms. The smallest absolute Gasteiger partial charge is 0.158 e. The Balaban J connectivity index is 2.38. The first-order chi connectivity index (χ1) is 9.39. The fraction of sp³-hybridized carbons (Fsp3) is 0.625. The van der Waals surface area contributed by atoms with Crippen LogP contribution in [-0.4, -0.2) is 25.5 Å². The summed E-state index contributed by atoms with van der Waals surface area (Å²) in [5.41, 5.74) is 2.32. The fourth-order valence-electron chi connectivity index (χ4n) is 2.98. The van der Waals surface area contributed by atoms with E-state index in [9.17, 15) is 8.42 Å². The highest BCUT2D eigenvalue weighted by Gasteiger charge is 2.43. The summed E-state index contributed by atoms with van der Waals surface area (Å²) in [4.78, 5) is 0. The molecule has 1 aromatic carbocycles. The van der Waals surface area contributed by atoms with E-state index in [0.29, 0.717) is 6.42 Å². The summed E-state index contributed by atoms with van der Waals surface area (Å²) in [6.07, 6.45) is 0.632. The summed E-state index contributed by atoms with van der Waals surface area (Å²) in [6, 6.07) is 8.02. The molecular formula is C16H25NO2S. The molecular weight excluding hydrogens is 270 g/mol. The third-order valence-electron chi connectivity index (χ3n) is 4.49. The van der Waals surface area contributed by atoms with Crippen molar-refractivity contribution in [3.05, 3.63) is 35.4 Å². The van der Waals surface area contributed by atoms with E-state index in [0.717, 1.165) is 12.1 Å². The van der Waals surface area contributed by atoms with Crippen LogP contribution in [0.4, 0.5) is 0 Å². The molecule has 0 spiro atoms. The Hall–Kier alpha value is -0.870. The molecule has 0 saturated carbocycles. The summed E-state index contributed by atoms with van der Waals surface area (Å²) < 4.78 is 25.8. The van der Waals surface area contributed by atoms with Gasteiger partial charge >= 0.3 is 0 Å². The minimum atomic E-state index is -3.14. The van der Waals surface area contributed by atoms with Crippen LogP contribution >= 0.6 is 0 Å². The van der Waals surface area contributed by atoms with Crippen molar-refractivity contribution in [2.45, 2.75) is 50.7 Å². The molecule has 112 valence electrons. The predicted molar refractivity (Wildman–Crippen MR) is 83.6 cm³/mol. The van der Waals surface area contributed by atoms with Crippen LogP contribution in [0.5, 0.6) is 0 Å². The van der Waals surface area contributed by atoms with E-state index in [1.165, 1.54) is 5.56 Å². The van der Waals surface area contributed by atoms with Crippen LogP contribution in [0.1, 0.15) is 44.9 Å². The molecule has 0 heterocycles. The standard InChI is InChI=1S/C16H25NO2S/c1-5-17-16-14-9-7-6-8-13(14)10-15(16)20(18,19)12(4)11(2)3/h6-9,11-12,15-17H,5,10H2,1-4H3. The zero-order valence-corrected chi connectivity index (χ0v) is 13.6. The predicted octanol–water partition coefficient (Wildman–Crippen LogP) is 2.72. The van der Waals surface area contributed by atoms with E-state index in [4.69, 9.17) is 0 Å². The maximum atomic E-state index is 12.9. The van der Waals surface area contributed by atoms with Crippen molar-refractivity contribution in [3.63, 3.8) is 0 Å². The van der Waals surface area contributed by atoms with Gasteiger partial charge < -0.3 is 5.32 Å². The summed E-state index contributed by atoms with van der Waals surface area (Å²) in [5, 5.41) is 2.73. The van der Waals surface area contributed by atoms with Gasteiger partial charge in [0.25, 0.3) is 0 Å². The number of benzene rings is 1. The number of hydrogen-bond donors (Lipinski definition) is 1. The molecule has 0 aliphatic heterocycles. The minimum absolute atomic E-state index is 0.0672. The van der Waals surface area contributed by atoms with Gasteiger partial charge in [0.2, 0.25) is 0 Å². The Morgan fingerprint density at radius 3 is 2.50 bits per heavy atom. The van der Waals surface area contributed by atoms with Gasteiger partial charge in [-0.1, -0.05) is 45.0 Å². The van der Waals surface area contributed by atoms with Crippen molar-refractivity contribution in [1.82, 2.24) is 5.32 Å². The second kappa shape index (κ2) is 5.86. The Labute approximate surface area is 122 Å². The largest absolute Gasteiger partial charge is 0.309 e. The van der Waals surface area contributed by atoms with Crippen LogP contribution in [0, 0.1) is 5.92 Å². The van der Waals surface area contributed by atoms with Gasteiger partial charge in [0.15, 0.2) is 9.84 Å². The first kappa shape index (κ1) is 15.5. The van der Waals surface area contributed by atoms with Gasteiger partial charge in [-0.2, -0.15) is 0 Å². The Bertz CT molecular complexity index is 566. The van der Waals surface area contributed by atoms with Gasteiger partial charge in [0, 0.05) is 6.04 Å². The highest BCUT2D eigenvalue weighted by atomic mass is 32.2. The molecule has 20 heavy (non-hydrogen) atoms. The average molecular weight is 295 g/mol. The van der Waals surface area contributed by atoms with Gasteiger partial charge in [0.05, 0.1) is 10.5 Å². The molecule has 3 unspecified atom stereocenters. The molecule has 1 N–H and O–H groups in total. The number of sulfone groups is 1. The van der Waals surface area contributed by atoms with E-state index in [1.54, 1.807) is 0 Å². The summed E-state index contributed by atoms with van der Waals surface area (Å²) >= 11 is 0. The zero-order chi connectivity index (χ0) is 14.9. The third kappa shape index (κ3) is 2.63. The summed E-state index contributed by atoms with van der Waals surface area (Å²) in [5.74, 6) is 0.144. The van der Waals surface area contributed by atoms with Gasteiger partial charge in [-0.15, -0.1) is 0 Å². The molecule has 0 amide bonds. The lowest BCUT2D eigenvalue weighted by molar-refractivity contribution is 0.493. The van der Waals surface area contributed by atoms with E-state index >= 15 is 0 Å². The average Bonchev–Trinajstić information content (AvgIpc) is 2.78. The molecule has 0 aromatic heterocycles. The molecule has 1 aliphatic carbocycles. The number of nitrogens with one attached hydrogen (secondary N) is 1. The van der Waals surface area contributed by atoms with E-state index in [-0.39, 0.29) is 22.5 Å². The van der Waals surface area contributed by atoms with Crippen molar-refractivity contribution in [3.8, 4) is 0 Å². The van der Waals surface area contributed by atoms with Crippen molar-refractivity contribution in [1.29, 1.82) is 0 Å².